The lowest BCUT2D eigenvalue weighted by atomic mass is 10.1. The summed E-state index contributed by atoms with van der Waals surface area (Å²) in [6, 6.07) is 9.56. The highest BCUT2D eigenvalue weighted by atomic mass is 16.5. The van der Waals surface area contributed by atoms with Crippen molar-refractivity contribution in [1.29, 1.82) is 0 Å². The summed E-state index contributed by atoms with van der Waals surface area (Å²) < 4.78 is 5.09. The van der Waals surface area contributed by atoms with Gasteiger partial charge in [0.2, 0.25) is 0 Å². The number of aliphatic hydroxyl groups excluding tert-OH is 1. The van der Waals surface area contributed by atoms with Gasteiger partial charge in [0.1, 0.15) is 6.61 Å². The molecule has 18 heavy (non-hydrogen) atoms. The lowest BCUT2D eigenvalue weighted by molar-refractivity contribution is 0.118. The Kier molecular flexibility index (Phi) is 4.59. The minimum Gasteiger partial charge on any atom is -0.445 e. The molecule has 0 aliphatic heterocycles. The SMILES string of the molecule is O=C(NC[C@@H]1CCC[C@@H]1O)OCc1ccccc1. The van der Waals surface area contributed by atoms with Gasteiger partial charge in [-0.1, -0.05) is 36.8 Å². The van der Waals surface area contributed by atoms with E-state index in [4.69, 9.17) is 4.74 Å². The third kappa shape index (κ3) is 3.74. The molecule has 2 atom stereocenters. The zero-order chi connectivity index (χ0) is 12.8. The zero-order valence-corrected chi connectivity index (χ0v) is 10.3. The predicted molar refractivity (Wildman–Crippen MR) is 68.0 cm³/mol. The molecule has 98 valence electrons. The van der Waals surface area contributed by atoms with Gasteiger partial charge in [0.05, 0.1) is 6.10 Å². The smallest absolute Gasteiger partial charge is 0.407 e. The van der Waals surface area contributed by atoms with Crippen molar-refractivity contribution in [2.75, 3.05) is 6.54 Å². The van der Waals surface area contributed by atoms with E-state index in [0.29, 0.717) is 6.54 Å². The first-order valence-corrected chi connectivity index (χ1v) is 6.38. The van der Waals surface area contributed by atoms with E-state index in [1.165, 1.54) is 0 Å². The normalized spacial score (nSPS) is 22.7. The van der Waals surface area contributed by atoms with Crippen molar-refractivity contribution < 1.29 is 14.6 Å². The number of nitrogens with one attached hydrogen (secondary N) is 1. The summed E-state index contributed by atoms with van der Waals surface area (Å²) in [5.41, 5.74) is 0.966. The standard InChI is InChI=1S/C14H19NO3/c16-13-8-4-7-12(13)9-15-14(17)18-10-11-5-2-1-3-6-11/h1-3,5-6,12-13,16H,4,7-10H2,(H,15,17)/t12-,13-/m0/s1. The summed E-state index contributed by atoms with van der Waals surface area (Å²) in [5, 5.41) is 12.3. The fourth-order valence-electron chi connectivity index (χ4n) is 2.24. The topological polar surface area (TPSA) is 58.6 Å². The Hall–Kier alpha value is -1.55. The van der Waals surface area contributed by atoms with Crippen LogP contribution in [-0.4, -0.2) is 23.8 Å². The maximum absolute atomic E-state index is 11.5. The van der Waals surface area contributed by atoms with Gasteiger partial charge >= 0.3 is 6.09 Å². The van der Waals surface area contributed by atoms with E-state index in [1.807, 2.05) is 30.3 Å². The Bertz CT molecular complexity index is 380. The maximum atomic E-state index is 11.5. The van der Waals surface area contributed by atoms with Crippen LogP contribution >= 0.6 is 0 Å². The number of aliphatic hydroxyl groups is 1. The summed E-state index contributed by atoms with van der Waals surface area (Å²) in [6.45, 7) is 0.773. The van der Waals surface area contributed by atoms with Crippen molar-refractivity contribution in [3.8, 4) is 0 Å². The molecule has 1 aliphatic carbocycles. The van der Waals surface area contributed by atoms with Crippen LogP contribution in [0.15, 0.2) is 30.3 Å². The van der Waals surface area contributed by atoms with E-state index in [9.17, 15) is 9.90 Å². The molecular weight excluding hydrogens is 230 g/mol. The Balaban J connectivity index is 1.66. The Morgan fingerprint density at radius 1 is 1.33 bits per heavy atom. The summed E-state index contributed by atoms with van der Waals surface area (Å²) in [5.74, 6) is 0.175. The van der Waals surface area contributed by atoms with Gasteiger partial charge in [-0.05, 0) is 18.4 Å². The van der Waals surface area contributed by atoms with Crippen LogP contribution in [-0.2, 0) is 11.3 Å². The third-order valence-corrected chi connectivity index (χ3v) is 3.34. The van der Waals surface area contributed by atoms with Crippen LogP contribution in [0.2, 0.25) is 0 Å². The molecule has 1 fully saturated rings. The van der Waals surface area contributed by atoms with E-state index in [1.54, 1.807) is 0 Å². The van der Waals surface area contributed by atoms with Crippen molar-refractivity contribution in [3.05, 3.63) is 35.9 Å². The molecule has 4 nitrogen and oxygen atoms in total. The molecule has 1 aromatic rings. The molecule has 4 heteroatoms. The van der Waals surface area contributed by atoms with Gasteiger partial charge in [0.15, 0.2) is 0 Å². The molecule has 0 aromatic heterocycles. The van der Waals surface area contributed by atoms with Gasteiger partial charge in [-0.15, -0.1) is 0 Å². The lowest BCUT2D eigenvalue weighted by Crippen LogP contribution is -2.32. The number of hydrogen-bond donors (Lipinski definition) is 2. The first-order valence-electron chi connectivity index (χ1n) is 6.38. The molecule has 1 amide bonds. The second-order valence-electron chi connectivity index (χ2n) is 4.70. The second kappa shape index (κ2) is 6.40. The monoisotopic (exact) mass is 249 g/mol. The van der Waals surface area contributed by atoms with Crippen LogP contribution in [0.25, 0.3) is 0 Å². The van der Waals surface area contributed by atoms with Crippen molar-refractivity contribution in [1.82, 2.24) is 5.32 Å². The third-order valence-electron chi connectivity index (χ3n) is 3.34. The van der Waals surface area contributed by atoms with Gasteiger partial charge in [0.25, 0.3) is 0 Å². The first kappa shape index (κ1) is 12.9. The maximum Gasteiger partial charge on any atom is 0.407 e. The lowest BCUT2D eigenvalue weighted by Gasteiger charge is -2.14. The molecular formula is C14H19NO3. The average molecular weight is 249 g/mol. The van der Waals surface area contributed by atoms with E-state index >= 15 is 0 Å². The Morgan fingerprint density at radius 3 is 2.78 bits per heavy atom. The number of carbonyl (C=O) groups excluding carboxylic acids is 1. The van der Waals surface area contributed by atoms with Crippen molar-refractivity contribution >= 4 is 6.09 Å². The van der Waals surface area contributed by atoms with Gasteiger partial charge in [-0.2, -0.15) is 0 Å². The number of rotatable bonds is 4. The second-order valence-corrected chi connectivity index (χ2v) is 4.70. The minimum absolute atomic E-state index is 0.175. The summed E-state index contributed by atoms with van der Waals surface area (Å²) in [6.07, 6.45) is 2.15. The zero-order valence-electron chi connectivity index (χ0n) is 10.3. The Morgan fingerprint density at radius 2 is 2.11 bits per heavy atom. The molecule has 1 aromatic carbocycles. The van der Waals surface area contributed by atoms with E-state index in [2.05, 4.69) is 5.32 Å². The highest BCUT2D eigenvalue weighted by Crippen LogP contribution is 2.24. The Labute approximate surface area is 107 Å². The van der Waals surface area contributed by atoms with Crippen LogP contribution in [0.1, 0.15) is 24.8 Å². The summed E-state index contributed by atoms with van der Waals surface area (Å²) >= 11 is 0. The molecule has 0 unspecified atom stereocenters. The molecule has 1 saturated carbocycles. The molecule has 0 saturated heterocycles. The molecule has 0 bridgehead atoms. The van der Waals surface area contributed by atoms with Gasteiger partial charge < -0.3 is 15.2 Å². The van der Waals surface area contributed by atoms with E-state index < -0.39 is 6.09 Å². The fourth-order valence-corrected chi connectivity index (χ4v) is 2.24. The fraction of sp³-hybridized carbons (Fsp3) is 0.500. The minimum atomic E-state index is -0.419. The molecule has 0 spiro atoms. The van der Waals surface area contributed by atoms with Crippen molar-refractivity contribution in [3.63, 3.8) is 0 Å². The highest BCUT2D eigenvalue weighted by molar-refractivity contribution is 5.67. The number of amides is 1. The van der Waals surface area contributed by atoms with Crippen molar-refractivity contribution in [2.45, 2.75) is 32.0 Å². The summed E-state index contributed by atoms with van der Waals surface area (Å²) in [4.78, 5) is 11.5. The number of carbonyl (C=O) groups is 1. The summed E-state index contributed by atoms with van der Waals surface area (Å²) in [7, 11) is 0. The van der Waals surface area contributed by atoms with Gasteiger partial charge in [-0.25, -0.2) is 4.79 Å². The molecule has 0 radical (unpaired) electrons. The van der Waals surface area contributed by atoms with Gasteiger partial charge in [-0.3, -0.25) is 0 Å². The number of benzene rings is 1. The first-order chi connectivity index (χ1) is 8.75. The van der Waals surface area contributed by atoms with Crippen LogP contribution in [0, 0.1) is 5.92 Å². The number of ether oxygens (including phenoxy) is 1. The van der Waals surface area contributed by atoms with E-state index in [0.717, 1.165) is 24.8 Å². The van der Waals surface area contributed by atoms with Crippen LogP contribution in [0.4, 0.5) is 4.79 Å². The molecule has 2 rings (SSSR count). The largest absolute Gasteiger partial charge is 0.445 e. The quantitative estimate of drug-likeness (QED) is 0.859. The molecule has 2 N–H and O–H groups in total. The van der Waals surface area contributed by atoms with Crippen LogP contribution in [0.5, 0.6) is 0 Å². The molecule has 0 heterocycles. The van der Waals surface area contributed by atoms with Crippen molar-refractivity contribution in [2.24, 2.45) is 5.92 Å². The predicted octanol–water partition coefficient (Wildman–Crippen LogP) is 2.07. The van der Waals surface area contributed by atoms with Gasteiger partial charge in [0, 0.05) is 12.5 Å². The number of hydrogen-bond acceptors (Lipinski definition) is 3. The average Bonchev–Trinajstić information content (AvgIpc) is 2.81. The highest BCUT2D eigenvalue weighted by Gasteiger charge is 2.25. The van der Waals surface area contributed by atoms with E-state index in [-0.39, 0.29) is 18.6 Å². The van der Waals surface area contributed by atoms with Crippen LogP contribution < -0.4 is 5.32 Å². The molecule has 1 aliphatic rings. The number of alkyl carbamates (subject to hydrolysis) is 1. The van der Waals surface area contributed by atoms with Crippen LogP contribution in [0.3, 0.4) is 0 Å².